The minimum absolute atomic E-state index is 0.0312. The van der Waals surface area contributed by atoms with Crippen LogP contribution in [0.25, 0.3) is 0 Å². The van der Waals surface area contributed by atoms with Crippen LogP contribution in [0.5, 0.6) is 0 Å². The van der Waals surface area contributed by atoms with Crippen LogP contribution < -0.4 is 0 Å². The highest BCUT2D eigenvalue weighted by Crippen LogP contribution is 2.44. The third-order valence-corrected chi connectivity index (χ3v) is 11.4. The Bertz CT molecular complexity index is 1900. The number of ether oxygens (including phenoxy) is 2. The smallest absolute Gasteiger partial charge is 0.371 e. The van der Waals surface area contributed by atoms with Gasteiger partial charge in [-0.2, -0.15) is 26.3 Å². The number of rotatable bonds is 14. The van der Waals surface area contributed by atoms with E-state index in [9.17, 15) is 44.7 Å². The summed E-state index contributed by atoms with van der Waals surface area (Å²) in [5, 5.41) is 0. The van der Waals surface area contributed by atoms with Crippen molar-refractivity contribution in [3.63, 3.8) is 0 Å². The SMILES string of the molecule is O=C1CCCN1C(c1ccc(F)cc1)[C@@H](OCC1CC1)c1ccc(C(F)(F)F)cc1.O=C1CCCN1[C@@H](c1ccc(F)cc1)C(OCC1CC1)c1ccc(C(F)(F)F)cc1. The zero-order valence-corrected chi connectivity index (χ0v) is 32.7. The molecule has 2 heterocycles. The lowest BCUT2D eigenvalue weighted by molar-refractivity contribution is -0.138. The van der Waals surface area contributed by atoms with E-state index < -0.39 is 59.4 Å². The summed E-state index contributed by atoms with van der Waals surface area (Å²) in [7, 11) is 0. The summed E-state index contributed by atoms with van der Waals surface area (Å²) in [6.45, 7) is 2.02. The molecule has 8 rings (SSSR count). The summed E-state index contributed by atoms with van der Waals surface area (Å²) in [6, 6.07) is 20.5. The summed E-state index contributed by atoms with van der Waals surface area (Å²) in [5.41, 5.74) is 1.07. The quantitative estimate of drug-likeness (QED) is 0.119. The standard InChI is InChI=1S/2C23H23F4NO2/c2*24-19-11-7-16(8-12-19)21(28-13-1-2-20(28)29)22(30-14-15-3-4-15)17-5-9-18(10-6-17)23(25,26)27/h2*5-12,15,21-22H,1-4,13-14H2/t21?,22-;21-,22?/m00/s1. The molecule has 2 unspecified atom stereocenters. The van der Waals surface area contributed by atoms with Crippen LogP contribution in [0.1, 0.15) is 109 Å². The van der Waals surface area contributed by atoms with Gasteiger partial charge in [0.2, 0.25) is 11.8 Å². The molecule has 0 N–H and O–H groups in total. The molecule has 2 amide bonds. The van der Waals surface area contributed by atoms with Crippen LogP contribution in [0.3, 0.4) is 0 Å². The molecule has 14 heteroatoms. The number of likely N-dealkylation sites (tertiary alicyclic amines) is 2. The van der Waals surface area contributed by atoms with E-state index in [1.165, 1.54) is 48.5 Å². The third-order valence-electron chi connectivity index (χ3n) is 11.4. The van der Waals surface area contributed by atoms with Crippen molar-refractivity contribution < 1.29 is 54.2 Å². The van der Waals surface area contributed by atoms with Gasteiger partial charge in [-0.15, -0.1) is 0 Å². The predicted molar refractivity (Wildman–Crippen MR) is 206 cm³/mol. The number of hydrogen-bond acceptors (Lipinski definition) is 4. The molecule has 0 radical (unpaired) electrons. The van der Waals surface area contributed by atoms with Crippen molar-refractivity contribution in [2.24, 2.45) is 11.8 Å². The lowest BCUT2D eigenvalue weighted by Gasteiger charge is -2.35. The lowest BCUT2D eigenvalue weighted by atomic mass is 9.93. The Labute approximate surface area is 343 Å². The maximum atomic E-state index is 13.5. The summed E-state index contributed by atoms with van der Waals surface area (Å²) >= 11 is 0. The van der Waals surface area contributed by atoms with Crippen molar-refractivity contribution in [2.75, 3.05) is 26.3 Å². The highest BCUT2D eigenvalue weighted by molar-refractivity contribution is 5.79. The summed E-state index contributed by atoms with van der Waals surface area (Å²) < 4.78 is 118. The van der Waals surface area contributed by atoms with E-state index in [0.717, 1.165) is 49.9 Å². The van der Waals surface area contributed by atoms with E-state index in [4.69, 9.17) is 9.47 Å². The minimum Gasteiger partial charge on any atom is -0.371 e. The van der Waals surface area contributed by atoms with Gasteiger partial charge in [-0.1, -0.05) is 48.5 Å². The van der Waals surface area contributed by atoms with Gasteiger partial charge in [-0.25, -0.2) is 8.78 Å². The van der Waals surface area contributed by atoms with Gasteiger partial charge in [0.05, 0.1) is 36.4 Å². The average molecular weight is 843 g/mol. The fourth-order valence-corrected chi connectivity index (χ4v) is 7.79. The summed E-state index contributed by atoms with van der Waals surface area (Å²) in [4.78, 5) is 28.6. The van der Waals surface area contributed by atoms with Gasteiger partial charge in [0.25, 0.3) is 0 Å². The number of nitrogens with zero attached hydrogens (tertiary/aromatic N) is 2. The molecule has 6 nitrogen and oxygen atoms in total. The van der Waals surface area contributed by atoms with E-state index >= 15 is 0 Å². The Morgan fingerprint density at radius 3 is 1.08 bits per heavy atom. The van der Waals surface area contributed by atoms with Crippen LogP contribution in [0.4, 0.5) is 35.1 Å². The zero-order valence-electron chi connectivity index (χ0n) is 32.7. The van der Waals surface area contributed by atoms with Gasteiger partial charge in [-0.05, 0) is 121 Å². The van der Waals surface area contributed by atoms with Crippen molar-refractivity contribution in [3.05, 3.63) is 142 Å². The Hall–Kier alpha value is -4.82. The van der Waals surface area contributed by atoms with E-state index in [0.29, 0.717) is 86.1 Å². The average Bonchev–Trinajstić information content (AvgIpc) is 4.15. The first kappa shape index (κ1) is 43.3. The fourth-order valence-electron chi connectivity index (χ4n) is 7.79. The van der Waals surface area contributed by atoms with Crippen LogP contribution >= 0.6 is 0 Å². The Kier molecular flexibility index (Phi) is 13.3. The second-order valence-corrected chi connectivity index (χ2v) is 16.0. The summed E-state index contributed by atoms with van der Waals surface area (Å²) in [5.74, 6) is 0.0214. The molecule has 4 atom stereocenters. The van der Waals surface area contributed by atoms with Gasteiger partial charge in [-0.3, -0.25) is 9.59 Å². The summed E-state index contributed by atoms with van der Waals surface area (Å²) in [6.07, 6.45) is -3.65. The monoisotopic (exact) mass is 842 g/mol. The molecule has 60 heavy (non-hydrogen) atoms. The molecule has 0 spiro atoms. The van der Waals surface area contributed by atoms with E-state index in [1.54, 1.807) is 34.1 Å². The van der Waals surface area contributed by atoms with E-state index in [1.807, 2.05) is 0 Å². The minimum atomic E-state index is -4.43. The maximum Gasteiger partial charge on any atom is 0.416 e. The lowest BCUT2D eigenvalue weighted by Crippen LogP contribution is -2.35. The molecule has 2 aliphatic carbocycles. The van der Waals surface area contributed by atoms with Crippen molar-refractivity contribution in [2.45, 2.75) is 88.0 Å². The molecule has 0 aromatic heterocycles. The largest absolute Gasteiger partial charge is 0.416 e. The number of alkyl halides is 6. The zero-order chi connectivity index (χ0) is 42.6. The van der Waals surface area contributed by atoms with Gasteiger partial charge >= 0.3 is 12.4 Å². The molecule has 320 valence electrons. The normalized spacial score (nSPS) is 19.2. The van der Waals surface area contributed by atoms with Gasteiger partial charge in [0.15, 0.2) is 0 Å². The first-order valence-electron chi connectivity index (χ1n) is 20.3. The highest BCUT2D eigenvalue weighted by atomic mass is 19.4. The van der Waals surface area contributed by atoms with E-state index in [2.05, 4.69) is 0 Å². The van der Waals surface area contributed by atoms with Crippen LogP contribution in [-0.2, 0) is 31.4 Å². The molecule has 0 bridgehead atoms. The molecule has 4 aliphatic rings. The van der Waals surface area contributed by atoms with E-state index in [-0.39, 0.29) is 11.8 Å². The molecular weight excluding hydrogens is 796 g/mol. The van der Waals surface area contributed by atoms with Crippen LogP contribution in [-0.4, -0.2) is 47.9 Å². The number of halogens is 8. The molecule has 2 saturated carbocycles. The van der Waals surface area contributed by atoms with Crippen molar-refractivity contribution in [1.82, 2.24) is 9.80 Å². The molecule has 4 aromatic carbocycles. The van der Waals surface area contributed by atoms with Gasteiger partial charge in [0.1, 0.15) is 23.8 Å². The molecule has 4 aromatic rings. The third kappa shape index (κ3) is 10.9. The van der Waals surface area contributed by atoms with Crippen molar-refractivity contribution in [1.29, 1.82) is 0 Å². The second kappa shape index (κ2) is 18.4. The Balaban J connectivity index is 0.000000181. The van der Waals surface area contributed by atoms with Crippen molar-refractivity contribution >= 4 is 11.8 Å². The fraction of sp³-hybridized carbons (Fsp3) is 0.435. The molecular formula is C46H46F8N2O4. The van der Waals surface area contributed by atoms with Crippen LogP contribution in [0.15, 0.2) is 97.1 Å². The van der Waals surface area contributed by atoms with Gasteiger partial charge < -0.3 is 19.3 Å². The Morgan fingerprint density at radius 2 is 0.817 bits per heavy atom. The van der Waals surface area contributed by atoms with Gasteiger partial charge in [0, 0.05) is 25.9 Å². The van der Waals surface area contributed by atoms with Crippen LogP contribution in [0, 0.1) is 23.5 Å². The first-order valence-corrected chi connectivity index (χ1v) is 20.3. The maximum absolute atomic E-state index is 13.5. The number of carbonyl (C=O) groups is 2. The molecule has 4 fully saturated rings. The predicted octanol–water partition coefficient (Wildman–Crippen LogP) is 11.4. The van der Waals surface area contributed by atoms with Crippen LogP contribution in [0.2, 0.25) is 0 Å². The number of benzene rings is 4. The number of amides is 2. The number of carbonyl (C=O) groups excluding carboxylic acids is 2. The van der Waals surface area contributed by atoms with Crippen molar-refractivity contribution in [3.8, 4) is 0 Å². The molecule has 2 saturated heterocycles. The first-order chi connectivity index (χ1) is 28.7. The topological polar surface area (TPSA) is 59.1 Å². The Morgan fingerprint density at radius 1 is 0.500 bits per heavy atom. The highest BCUT2D eigenvalue weighted by Gasteiger charge is 2.40. The second-order valence-electron chi connectivity index (χ2n) is 16.0. The number of hydrogen-bond donors (Lipinski definition) is 0. The molecule has 2 aliphatic heterocycles.